The Morgan fingerprint density at radius 2 is 0.659 bits per heavy atom. The van der Waals surface area contributed by atoms with E-state index >= 15 is 0 Å². The fraction of sp³-hybridized carbons (Fsp3) is 0.391. The minimum atomic E-state index is -0.278. The van der Waals surface area contributed by atoms with Gasteiger partial charge in [-0.05, 0) is 316 Å². The highest BCUT2D eigenvalue weighted by Gasteiger charge is 2.52. The molecule has 628 valence electrons. The summed E-state index contributed by atoms with van der Waals surface area (Å²) >= 11 is 4.06. The Labute approximate surface area is 746 Å². The molecule has 11 aromatic carbocycles. The summed E-state index contributed by atoms with van der Waals surface area (Å²) < 4.78 is 2.75. The van der Waals surface area contributed by atoms with Gasteiger partial charge in [0, 0.05) is 66.1 Å². The fourth-order valence-electron chi connectivity index (χ4n) is 22.0. The first-order valence-corrected chi connectivity index (χ1v) is 47.6. The SMILES string of the molecule is CC(C)(C)c1ccc(N2c3ccc(C(C)(C)C)cc3B3c4c2cc(CC2CC(C)(C)c5cc6sc7c(c6cc5C2(C)C)B2c5cc(C(C)(C)C)ccc5N(c5ccc(C(C)(C)C)cc5-c5ccccc5)c5cc(C(C)(C)C)cc(c52)N7c2ccc(C(C)(C)C)cc2)cc4N(c2ccc(C(C)(C)C)cc2)c2sc4cc5c(cc4c23)C(C)(C)CCC5(C)C)cc1. The maximum atomic E-state index is 2.78. The number of nitrogens with zero attached hydrogens (tertiary/aromatic N) is 4. The fourth-order valence-corrected chi connectivity index (χ4v) is 24.6. The van der Waals surface area contributed by atoms with Crippen LogP contribution in [0.3, 0.4) is 0 Å². The van der Waals surface area contributed by atoms with Gasteiger partial charge < -0.3 is 19.6 Å². The summed E-state index contributed by atoms with van der Waals surface area (Å²) in [6.45, 7) is 70.2. The quantitative estimate of drug-likeness (QED) is 0.147. The van der Waals surface area contributed by atoms with Gasteiger partial charge in [0.25, 0.3) is 13.4 Å². The Hall–Kier alpha value is -9.33. The zero-order valence-corrected chi connectivity index (χ0v) is 80.9. The van der Waals surface area contributed by atoms with Gasteiger partial charge in [0.1, 0.15) is 0 Å². The average molecular weight is 1650 g/mol. The van der Waals surface area contributed by atoms with Gasteiger partial charge >= 0.3 is 0 Å². The van der Waals surface area contributed by atoms with Gasteiger partial charge in [0.05, 0.1) is 15.7 Å². The summed E-state index contributed by atoms with van der Waals surface area (Å²) in [4.78, 5) is 10.9. The summed E-state index contributed by atoms with van der Waals surface area (Å²) in [5.41, 5.74) is 39.1. The van der Waals surface area contributed by atoms with Crippen LogP contribution in [-0.2, 0) is 66.0 Å². The van der Waals surface area contributed by atoms with Crippen LogP contribution in [0.2, 0.25) is 0 Å². The molecule has 0 N–H and O–H groups in total. The first kappa shape index (κ1) is 83.2. The van der Waals surface area contributed by atoms with Crippen molar-refractivity contribution in [3.8, 4) is 11.1 Å². The summed E-state index contributed by atoms with van der Waals surface area (Å²) in [6.07, 6.45) is 4.27. The lowest BCUT2D eigenvalue weighted by atomic mass is 9.33. The molecular formula is C115H130B2N4S2. The van der Waals surface area contributed by atoms with Gasteiger partial charge in [-0.3, -0.25) is 0 Å². The summed E-state index contributed by atoms with van der Waals surface area (Å²) in [5, 5.41) is 5.45. The van der Waals surface area contributed by atoms with Gasteiger partial charge in [-0.15, -0.1) is 22.7 Å². The molecule has 2 aliphatic carbocycles. The van der Waals surface area contributed by atoms with Crippen LogP contribution in [-0.4, -0.2) is 13.4 Å². The zero-order valence-electron chi connectivity index (χ0n) is 79.3. The van der Waals surface area contributed by atoms with Crippen molar-refractivity contribution in [1.82, 2.24) is 0 Å². The van der Waals surface area contributed by atoms with Crippen LogP contribution in [0.4, 0.5) is 66.9 Å². The van der Waals surface area contributed by atoms with E-state index in [0.717, 1.165) is 19.3 Å². The highest BCUT2D eigenvalue weighted by molar-refractivity contribution is 7.27. The maximum absolute atomic E-state index is 2.78. The number of anilines is 12. The van der Waals surface area contributed by atoms with Crippen LogP contribution in [0, 0.1) is 5.92 Å². The molecule has 0 spiro atoms. The van der Waals surface area contributed by atoms with Crippen LogP contribution in [0.15, 0.2) is 206 Å². The molecule has 8 heteroatoms. The molecule has 0 saturated heterocycles. The van der Waals surface area contributed by atoms with Crippen LogP contribution >= 0.6 is 22.7 Å². The zero-order chi connectivity index (χ0) is 87.6. The van der Waals surface area contributed by atoms with Gasteiger partial charge in [-0.25, -0.2) is 0 Å². The molecule has 0 radical (unpaired) electrons. The average Bonchev–Trinajstić information content (AvgIpc) is 1.62. The molecule has 4 nitrogen and oxygen atoms in total. The van der Waals surface area contributed by atoms with E-state index < -0.39 is 0 Å². The Bertz CT molecular complexity index is 6490. The molecule has 0 fully saturated rings. The third-order valence-electron chi connectivity index (χ3n) is 30.0. The van der Waals surface area contributed by atoms with E-state index in [2.05, 4.69) is 427 Å². The van der Waals surface area contributed by atoms with Crippen molar-refractivity contribution in [3.05, 3.63) is 273 Å². The summed E-state index contributed by atoms with van der Waals surface area (Å²) in [7, 11) is 0. The molecule has 6 heterocycles. The summed E-state index contributed by atoms with van der Waals surface area (Å²) in [5.74, 6) is 0.251. The highest BCUT2D eigenvalue weighted by Crippen LogP contribution is 2.59. The lowest BCUT2D eigenvalue weighted by Crippen LogP contribution is -2.61. The van der Waals surface area contributed by atoms with Crippen LogP contribution < -0.4 is 52.4 Å². The van der Waals surface area contributed by atoms with Crippen molar-refractivity contribution in [2.24, 2.45) is 5.92 Å². The van der Waals surface area contributed by atoms with E-state index in [1.54, 1.807) is 0 Å². The van der Waals surface area contributed by atoms with Crippen LogP contribution in [0.5, 0.6) is 0 Å². The second kappa shape index (κ2) is 27.6. The van der Waals surface area contributed by atoms with Gasteiger partial charge in [0.15, 0.2) is 0 Å². The van der Waals surface area contributed by atoms with Gasteiger partial charge in [-0.2, -0.15) is 0 Å². The topological polar surface area (TPSA) is 13.0 Å². The van der Waals surface area contributed by atoms with E-state index in [-0.39, 0.29) is 78.9 Å². The van der Waals surface area contributed by atoms with Gasteiger partial charge in [-0.1, -0.05) is 298 Å². The van der Waals surface area contributed by atoms with Crippen molar-refractivity contribution < 1.29 is 0 Å². The van der Waals surface area contributed by atoms with Crippen molar-refractivity contribution in [2.75, 3.05) is 19.6 Å². The Morgan fingerprint density at radius 1 is 0.309 bits per heavy atom. The van der Waals surface area contributed by atoms with E-state index in [1.165, 1.54) is 204 Å². The number of thiophene rings is 2. The highest BCUT2D eigenvalue weighted by atomic mass is 32.1. The largest absolute Gasteiger partial charge is 0.311 e. The number of rotatable bonds is 7. The number of fused-ring (bicyclic) bond motifs is 14. The smallest absolute Gasteiger partial charge is 0.254 e. The third kappa shape index (κ3) is 13.5. The molecular weight excluding hydrogens is 1520 g/mol. The molecule has 1 unspecified atom stereocenters. The van der Waals surface area contributed by atoms with E-state index in [1.807, 2.05) is 22.7 Å². The lowest BCUT2D eigenvalue weighted by molar-refractivity contribution is 0.214. The Balaban J connectivity index is 0.848. The second-order valence-corrected chi connectivity index (χ2v) is 49.7. The van der Waals surface area contributed by atoms with Crippen LogP contribution in [0.1, 0.15) is 287 Å². The normalized spacial score (nSPS) is 17.5. The summed E-state index contributed by atoms with van der Waals surface area (Å²) in [6, 6.07) is 84.4. The predicted octanol–water partition coefficient (Wildman–Crippen LogP) is 29.2. The second-order valence-electron chi connectivity index (χ2n) is 47.6. The minimum Gasteiger partial charge on any atom is -0.311 e. The molecule has 0 bridgehead atoms. The van der Waals surface area contributed by atoms with Crippen molar-refractivity contribution in [3.63, 3.8) is 0 Å². The Morgan fingerprint density at radius 3 is 1.09 bits per heavy atom. The monoisotopic (exact) mass is 1650 g/mol. The van der Waals surface area contributed by atoms with Gasteiger partial charge in [0.2, 0.25) is 0 Å². The molecule has 19 rings (SSSR count). The third-order valence-corrected chi connectivity index (χ3v) is 32.3. The first-order chi connectivity index (χ1) is 57.4. The number of hydrogen-bond acceptors (Lipinski definition) is 6. The van der Waals surface area contributed by atoms with E-state index in [9.17, 15) is 0 Å². The standard InChI is InChI=1S/C115H130B2N4S2/c1-105(2,3)70-35-44-78(45-36-70)118-91-51-42-74(109(13,14)15)59-88(91)116-99-82-63-84-85(113(24,25)54-53-112(84,22)23)65-97(82)122-103(99)119(79-46-37-71(38-47-79)106(4,5)6)94-57-68(56-93(118)101(94)116)55-77-67-114(26,27)86-66-98-83(64-87(86)115(77,28)29)100-104(123-98)120(80-48-39-72(40-49-80)107(7,8)9)95-61-76(111(19,20)21)62-96-102(95)117(100)89-60-75(110(16,17)18)43-52-92(89)121(96)90-50-41-73(108(10,11)12)58-81(90)69-33-31-30-32-34-69/h30-52,56-66,77H,53-55,67H2,1-29H3. The van der Waals surface area contributed by atoms with E-state index in [0.29, 0.717) is 0 Å². The van der Waals surface area contributed by atoms with Crippen molar-refractivity contribution >= 4 is 156 Å². The molecule has 0 amide bonds. The van der Waals surface area contributed by atoms with Crippen LogP contribution in [0.25, 0.3) is 31.3 Å². The number of hydrogen-bond donors (Lipinski definition) is 0. The number of benzene rings is 11. The van der Waals surface area contributed by atoms with E-state index in [4.69, 9.17) is 0 Å². The van der Waals surface area contributed by atoms with Crippen molar-refractivity contribution in [2.45, 2.75) is 286 Å². The Kier molecular flexibility index (Phi) is 18.7. The van der Waals surface area contributed by atoms with Crippen molar-refractivity contribution in [1.29, 1.82) is 0 Å². The molecule has 4 aliphatic heterocycles. The molecule has 6 aliphatic rings. The molecule has 2 aromatic heterocycles. The molecule has 0 saturated carbocycles. The first-order valence-electron chi connectivity index (χ1n) is 46.0. The lowest BCUT2D eigenvalue weighted by Gasteiger charge is -2.48. The minimum absolute atomic E-state index is 0.0160. The molecule has 123 heavy (non-hydrogen) atoms. The molecule has 1 atom stereocenters. The predicted molar refractivity (Wildman–Crippen MR) is 541 cm³/mol. The maximum Gasteiger partial charge on any atom is 0.254 e. The molecule has 13 aromatic rings.